The van der Waals surface area contributed by atoms with Crippen molar-refractivity contribution in [2.75, 3.05) is 13.1 Å². The molecule has 3 heterocycles. The summed E-state index contributed by atoms with van der Waals surface area (Å²) >= 11 is 0. The minimum absolute atomic E-state index is 0.0686. The van der Waals surface area contributed by atoms with Gasteiger partial charge in [0.1, 0.15) is 6.08 Å². The van der Waals surface area contributed by atoms with Crippen LogP contribution in [-0.4, -0.2) is 47.5 Å². The summed E-state index contributed by atoms with van der Waals surface area (Å²) in [7, 11) is -1.04. The lowest BCUT2D eigenvalue weighted by Crippen LogP contribution is -2.41. The summed E-state index contributed by atoms with van der Waals surface area (Å²) in [6.45, 7) is 1.72. The highest BCUT2D eigenvalue weighted by molar-refractivity contribution is 6.61. The lowest BCUT2D eigenvalue weighted by molar-refractivity contribution is -0.0814. The molecule has 0 amide bonds. The average Bonchev–Trinajstić information content (AvgIpc) is 2.69. The van der Waals surface area contributed by atoms with Gasteiger partial charge in [0.25, 0.3) is 0 Å². The molecule has 2 aliphatic heterocycles. The molecule has 0 aromatic carbocycles. The zero-order valence-electron chi connectivity index (χ0n) is 18.6. The Morgan fingerprint density at radius 2 is 1.95 bits per heavy atom. The van der Waals surface area contributed by atoms with Crippen LogP contribution >= 0.6 is 0 Å². The molecule has 0 bridgehead atoms. The molecule has 0 aliphatic carbocycles. The van der Waals surface area contributed by atoms with Gasteiger partial charge in [-0.1, -0.05) is 0 Å². The molecule has 0 saturated carbocycles. The molecule has 1 aromatic heterocycles. The molecule has 0 atom stereocenters. The van der Waals surface area contributed by atoms with Crippen molar-refractivity contribution in [1.29, 1.82) is 0 Å². The van der Waals surface area contributed by atoms with Crippen molar-refractivity contribution in [3.05, 3.63) is 12.3 Å². The molecule has 0 radical (unpaired) electrons. The van der Waals surface area contributed by atoms with Crippen LogP contribution in [0.25, 0.3) is 0 Å². The third kappa shape index (κ3) is 2.41. The van der Waals surface area contributed by atoms with Crippen molar-refractivity contribution in [3.63, 3.8) is 0 Å². The average molecular weight is 285 g/mol. The summed E-state index contributed by atoms with van der Waals surface area (Å²) in [6, 6.07) is 0. The summed E-state index contributed by atoms with van der Waals surface area (Å²) in [5.41, 5.74) is -1.45. The summed E-state index contributed by atoms with van der Waals surface area (Å²) in [5, 5.41) is 0. The maximum atomic E-state index is 8.04. The predicted molar refractivity (Wildman–Crippen MR) is 73.0 cm³/mol. The van der Waals surface area contributed by atoms with Crippen LogP contribution in [0.5, 0.6) is 5.88 Å². The van der Waals surface area contributed by atoms with Crippen LogP contribution in [0.4, 0.5) is 0 Å². The Bertz CT molecular complexity index is 762. The largest absolute Gasteiger partial charge is 0.516 e. The molecule has 0 unspecified atom stereocenters. The van der Waals surface area contributed by atoms with Crippen molar-refractivity contribution < 1.29 is 28.4 Å². The molecule has 2 fully saturated rings. The molecule has 7 heteroatoms. The third-order valence-corrected chi connectivity index (χ3v) is 3.51. The molecule has 6 nitrogen and oxygen atoms in total. The van der Waals surface area contributed by atoms with Gasteiger partial charge in [-0.05, 0) is 27.7 Å². The van der Waals surface area contributed by atoms with Crippen LogP contribution in [0.3, 0.4) is 0 Å². The normalized spacial score (nSPS) is 36.2. The van der Waals surface area contributed by atoms with Crippen molar-refractivity contribution in [2.24, 2.45) is 0 Å². The maximum absolute atomic E-state index is 8.04. The number of aromatic nitrogens is 2. The van der Waals surface area contributed by atoms with Gasteiger partial charge in [-0.25, -0.2) is 4.98 Å². The highest BCUT2D eigenvalue weighted by Crippen LogP contribution is 2.36. The maximum Gasteiger partial charge on any atom is 0.516 e. The lowest BCUT2D eigenvalue weighted by Gasteiger charge is -2.32. The van der Waals surface area contributed by atoms with Crippen LogP contribution in [0.2, 0.25) is 0 Å². The Morgan fingerprint density at radius 1 is 1.30 bits per heavy atom. The van der Waals surface area contributed by atoms with Crippen molar-refractivity contribution >= 4 is 12.7 Å². The van der Waals surface area contributed by atoms with Crippen LogP contribution in [0.15, 0.2) is 12.3 Å². The highest BCUT2D eigenvalue weighted by Gasteiger charge is 2.52. The van der Waals surface area contributed by atoms with E-state index in [1.807, 2.05) is 27.7 Å². The number of ether oxygens (including phenoxy) is 2. The van der Waals surface area contributed by atoms with Crippen LogP contribution in [-0.2, 0) is 14.0 Å². The molecular formula is C13H19BN2O4. The van der Waals surface area contributed by atoms with Gasteiger partial charge in [0.2, 0.25) is 5.88 Å². The molecule has 0 spiro atoms. The monoisotopic (exact) mass is 285 g/mol. The van der Waals surface area contributed by atoms with Gasteiger partial charge in [-0.15, -0.1) is 0 Å². The first-order valence-electron chi connectivity index (χ1n) is 9.63. The van der Waals surface area contributed by atoms with Crippen LogP contribution in [0, 0.1) is 0 Å². The lowest BCUT2D eigenvalue weighted by atomic mass is 9.85. The standard InChI is InChI=1S/C13H19BN2O4/c1-12(2)13(3,4)20-14(19-12)10-5-16-11(6-15-10)18-9-7-17-8-9/h5-6,9H,7-8H2,1-4H3/i5D,6D,7D2,8D2,9D. The number of rotatable bonds is 3. The fourth-order valence-corrected chi connectivity index (χ4v) is 1.60. The van der Waals surface area contributed by atoms with E-state index in [1.54, 1.807) is 0 Å². The Morgan fingerprint density at radius 3 is 2.55 bits per heavy atom. The van der Waals surface area contributed by atoms with Gasteiger partial charge in [-0.2, -0.15) is 0 Å². The van der Waals surface area contributed by atoms with Crippen LogP contribution in [0.1, 0.15) is 37.3 Å². The number of nitrogens with zero attached hydrogens (tertiary/aromatic N) is 2. The summed E-state index contributed by atoms with van der Waals surface area (Å²) < 4.78 is 74.9. The molecular weight excluding hydrogens is 259 g/mol. The van der Waals surface area contributed by atoms with Crippen molar-refractivity contribution in [3.8, 4) is 5.88 Å². The van der Waals surface area contributed by atoms with E-state index in [0.29, 0.717) is 0 Å². The van der Waals surface area contributed by atoms with E-state index in [-0.39, 0.29) is 5.59 Å². The van der Waals surface area contributed by atoms with E-state index in [4.69, 9.17) is 23.6 Å². The van der Waals surface area contributed by atoms with Gasteiger partial charge in [0, 0.05) is 6.17 Å². The summed E-state index contributed by atoms with van der Waals surface area (Å²) in [4.78, 5) is 7.63. The van der Waals surface area contributed by atoms with Gasteiger partial charge < -0.3 is 18.8 Å². The summed E-state index contributed by atoms with van der Waals surface area (Å²) in [6.07, 6.45) is -3.87. The first kappa shape index (κ1) is 7.73. The second-order valence-corrected chi connectivity index (χ2v) is 5.46. The zero-order chi connectivity index (χ0) is 20.6. The van der Waals surface area contributed by atoms with E-state index in [1.165, 1.54) is 0 Å². The predicted octanol–water partition coefficient (Wildman–Crippen LogP) is 0.553. The Kier molecular flexibility index (Phi) is 1.81. The first-order valence-corrected chi connectivity index (χ1v) is 6.13. The minimum atomic E-state index is -2.80. The smallest absolute Gasteiger partial charge is 0.468 e. The second-order valence-electron chi connectivity index (χ2n) is 5.46. The molecule has 2 saturated heterocycles. The van der Waals surface area contributed by atoms with Crippen LogP contribution < -0.4 is 10.3 Å². The molecule has 108 valence electrons. The van der Waals surface area contributed by atoms with Gasteiger partial charge in [0.05, 0.1) is 45.7 Å². The zero-order valence-corrected chi connectivity index (χ0v) is 11.6. The Hall–Kier alpha value is -1.18. The summed E-state index contributed by atoms with van der Waals surface area (Å²) in [5.74, 6) is -0.661. The first-order chi connectivity index (χ1) is 12.0. The SMILES string of the molecule is [2H]c1nc(B2OC(C)(C)C(C)(C)O2)c([2H])nc1OC1([2H])C([2H])([2H])OC1([2H])[2H]. The Labute approximate surface area is 128 Å². The number of hydrogen-bond donors (Lipinski definition) is 0. The van der Waals surface area contributed by atoms with E-state index >= 15 is 0 Å². The second kappa shape index (κ2) is 4.68. The quantitative estimate of drug-likeness (QED) is 0.756. The van der Waals surface area contributed by atoms with Gasteiger partial charge in [0.15, 0.2) is 0 Å². The third-order valence-electron chi connectivity index (χ3n) is 3.51. The molecule has 0 N–H and O–H groups in total. The van der Waals surface area contributed by atoms with Crippen molar-refractivity contribution in [1.82, 2.24) is 9.97 Å². The number of hydrogen-bond acceptors (Lipinski definition) is 6. The molecule has 2 aliphatic rings. The molecule has 1 aromatic rings. The van der Waals surface area contributed by atoms with E-state index in [2.05, 4.69) is 14.7 Å². The van der Waals surface area contributed by atoms with Gasteiger partial charge in [-0.3, -0.25) is 4.98 Å². The highest BCUT2D eigenvalue weighted by atomic mass is 16.7. The fourth-order valence-electron chi connectivity index (χ4n) is 1.60. The fraction of sp³-hybridized carbons (Fsp3) is 0.692. The van der Waals surface area contributed by atoms with Crippen molar-refractivity contribution in [2.45, 2.75) is 45.0 Å². The van der Waals surface area contributed by atoms with E-state index in [0.717, 1.165) is 0 Å². The van der Waals surface area contributed by atoms with E-state index in [9.17, 15) is 0 Å². The molecule has 3 rings (SSSR count). The topological polar surface area (TPSA) is 62.7 Å². The minimum Gasteiger partial charge on any atom is -0.468 e. The van der Waals surface area contributed by atoms with E-state index < -0.39 is 55.7 Å². The van der Waals surface area contributed by atoms with Gasteiger partial charge >= 0.3 is 7.12 Å². The Balaban J connectivity index is 1.91. The molecule has 20 heavy (non-hydrogen) atoms.